The van der Waals surface area contributed by atoms with Crippen LogP contribution in [0.15, 0.2) is 59.0 Å². The molecule has 1 amide bonds. The molecule has 7 heteroatoms. The summed E-state index contributed by atoms with van der Waals surface area (Å²) in [6, 6.07) is 17.1. The number of rotatable bonds is 7. The van der Waals surface area contributed by atoms with Gasteiger partial charge < -0.3 is 14.5 Å². The molecule has 4 rings (SSSR count). The van der Waals surface area contributed by atoms with Crippen LogP contribution in [-0.2, 0) is 13.2 Å². The highest BCUT2D eigenvalue weighted by Gasteiger charge is 2.18. The van der Waals surface area contributed by atoms with Crippen molar-refractivity contribution in [2.24, 2.45) is 0 Å². The molecule has 2 aromatic carbocycles. The summed E-state index contributed by atoms with van der Waals surface area (Å²) in [5.74, 6) is 1.23. The molecule has 0 atom stereocenters. The van der Waals surface area contributed by atoms with Crippen LogP contribution >= 0.6 is 11.6 Å². The standard InChI is InChI=1S/C26H26ClN3O3/c1-16-10-17(2)12-23(11-16)32-15-22-8-9-24(33-22)26(31)28-25-18(3)29-30(19(25)4)14-20-6-5-7-21(27)13-20/h5-13H,14-15H2,1-4H3,(H,28,31). The van der Waals surface area contributed by atoms with Gasteiger partial charge in [-0.15, -0.1) is 0 Å². The number of benzene rings is 2. The molecule has 6 nitrogen and oxygen atoms in total. The van der Waals surface area contributed by atoms with Gasteiger partial charge in [-0.25, -0.2) is 0 Å². The molecule has 33 heavy (non-hydrogen) atoms. The van der Waals surface area contributed by atoms with Gasteiger partial charge in [-0.2, -0.15) is 5.10 Å². The molecule has 0 radical (unpaired) electrons. The van der Waals surface area contributed by atoms with Crippen molar-refractivity contribution in [3.05, 3.63) is 99.2 Å². The SMILES string of the molecule is Cc1cc(C)cc(OCc2ccc(C(=O)Nc3c(C)nn(Cc4cccc(Cl)c4)c3C)o2)c1. The predicted molar refractivity (Wildman–Crippen MR) is 129 cm³/mol. The Morgan fingerprint density at radius 3 is 2.55 bits per heavy atom. The van der Waals surface area contributed by atoms with Gasteiger partial charge >= 0.3 is 0 Å². The van der Waals surface area contributed by atoms with Gasteiger partial charge in [0.1, 0.15) is 18.1 Å². The third kappa shape index (κ3) is 5.46. The molecular formula is C26H26ClN3O3. The van der Waals surface area contributed by atoms with Gasteiger partial charge in [0, 0.05) is 5.02 Å². The summed E-state index contributed by atoms with van der Waals surface area (Å²) in [5, 5.41) is 8.18. The maximum atomic E-state index is 12.8. The molecule has 170 valence electrons. The molecule has 0 saturated carbocycles. The van der Waals surface area contributed by atoms with Crippen LogP contribution in [0.3, 0.4) is 0 Å². The Labute approximate surface area is 198 Å². The average molecular weight is 464 g/mol. The molecule has 0 aliphatic heterocycles. The van der Waals surface area contributed by atoms with Gasteiger partial charge in [-0.3, -0.25) is 9.48 Å². The molecule has 0 aliphatic rings. The Kier molecular flexibility index (Phi) is 6.56. The Hall–Kier alpha value is -3.51. The molecule has 0 saturated heterocycles. The molecule has 2 aromatic heterocycles. The molecule has 0 unspecified atom stereocenters. The minimum absolute atomic E-state index is 0.218. The van der Waals surface area contributed by atoms with E-state index in [1.807, 2.05) is 68.8 Å². The summed E-state index contributed by atoms with van der Waals surface area (Å²) in [5.41, 5.74) is 5.55. The van der Waals surface area contributed by atoms with Crippen molar-refractivity contribution in [3.8, 4) is 5.75 Å². The summed E-state index contributed by atoms with van der Waals surface area (Å²) < 4.78 is 13.4. The van der Waals surface area contributed by atoms with Crippen LogP contribution in [0.1, 0.15) is 44.4 Å². The molecule has 0 spiro atoms. The average Bonchev–Trinajstić information content (AvgIpc) is 3.32. The summed E-state index contributed by atoms with van der Waals surface area (Å²) >= 11 is 6.09. The largest absolute Gasteiger partial charge is 0.486 e. The molecule has 0 bridgehead atoms. The fourth-order valence-corrected chi connectivity index (χ4v) is 3.98. The van der Waals surface area contributed by atoms with E-state index in [0.717, 1.165) is 33.8 Å². The fourth-order valence-electron chi connectivity index (χ4n) is 3.76. The normalized spacial score (nSPS) is 10.9. The Balaban J connectivity index is 1.42. The second-order valence-corrected chi connectivity index (χ2v) is 8.60. The number of halogens is 1. The van der Waals surface area contributed by atoms with Crippen molar-refractivity contribution in [3.63, 3.8) is 0 Å². The first-order valence-corrected chi connectivity index (χ1v) is 11.1. The predicted octanol–water partition coefficient (Wildman–Crippen LogP) is 6.24. The molecule has 0 fully saturated rings. The van der Waals surface area contributed by atoms with E-state index in [4.69, 9.17) is 20.8 Å². The number of hydrogen-bond acceptors (Lipinski definition) is 4. The van der Waals surface area contributed by atoms with E-state index in [9.17, 15) is 4.79 Å². The lowest BCUT2D eigenvalue weighted by atomic mass is 10.1. The van der Waals surface area contributed by atoms with E-state index in [0.29, 0.717) is 23.0 Å². The number of carbonyl (C=O) groups is 1. The van der Waals surface area contributed by atoms with Gasteiger partial charge in [0.05, 0.1) is 23.6 Å². The molecule has 1 N–H and O–H groups in total. The number of hydrogen-bond donors (Lipinski definition) is 1. The second-order valence-electron chi connectivity index (χ2n) is 8.17. The van der Waals surface area contributed by atoms with Gasteiger partial charge in [0.25, 0.3) is 5.91 Å². The summed E-state index contributed by atoms with van der Waals surface area (Å²) in [4.78, 5) is 12.8. The van der Waals surface area contributed by atoms with E-state index in [2.05, 4.69) is 16.5 Å². The van der Waals surface area contributed by atoms with E-state index in [1.165, 1.54) is 0 Å². The third-order valence-corrected chi connectivity index (χ3v) is 5.54. The first-order valence-electron chi connectivity index (χ1n) is 10.7. The maximum Gasteiger partial charge on any atom is 0.291 e. The molecule has 2 heterocycles. The van der Waals surface area contributed by atoms with Crippen molar-refractivity contribution in [1.29, 1.82) is 0 Å². The Morgan fingerprint density at radius 1 is 1.06 bits per heavy atom. The number of carbonyl (C=O) groups excluding carboxylic acids is 1. The van der Waals surface area contributed by atoms with Crippen molar-refractivity contribution in [2.75, 3.05) is 5.32 Å². The minimum Gasteiger partial charge on any atom is -0.486 e. The van der Waals surface area contributed by atoms with Crippen LogP contribution < -0.4 is 10.1 Å². The number of aryl methyl sites for hydroxylation is 3. The third-order valence-electron chi connectivity index (χ3n) is 5.30. The van der Waals surface area contributed by atoms with Gasteiger partial charge in [0.2, 0.25) is 0 Å². The summed E-state index contributed by atoms with van der Waals surface area (Å²) in [6.45, 7) is 8.63. The lowest BCUT2D eigenvalue weighted by Crippen LogP contribution is -2.12. The fraction of sp³-hybridized carbons (Fsp3) is 0.231. The number of anilines is 1. The highest BCUT2D eigenvalue weighted by molar-refractivity contribution is 6.30. The molecule has 4 aromatic rings. The van der Waals surface area contributed by atoms with Crippen LogP contribution in [0.2, 0.25) is 5.02 Å². The zero-order valence-electron chi connectivity index (χ0n) is 19.1. The zero-order valence-corrected chi connectivity index (χ0v) is 19.9. The maximum absolute atomic E-state index is 12.8. The lowest BCUT2D eigenvalue weighted by molar-refractivity contribution is 0.0992. The lowest BCUT2D eigenvalue weighted by Gasteiger charge is -2.07. The van der Waals surface area contributed by atoms with E-state index in [-0.39, 0.29) is 18.3 Å². The van der Waals surface area contributed by atoms with Crippen molar-refractivity contribution >= 4 is 23.2 Å². The highest BCUT2D eigenvalue weighted by Crippen LogP contribution is 2.23. The van der Waals surface area contributed by atoms with Crippen LogP contribution in [0.5, 0.6) is 5.75 Å². The van der Waals surface area contributed by atoms with Crippen molar-refractivity contribution in [2.45, 2.75) is 40.8 Å². The number of nitrogens with zero attached hydrogens (tertiary/aromatic N) is 2. The number of nitrogens with one attached hydrogen (secondary N) is 1. The van der Waals surface area contributed by atoms with Crippen LogP contribution in [-0.4, -0.2) is 15.7 Å². The minimum atomic E-state index is -0.332. The van der Waals surface area contributed by atoms with Crippen molar-refractivity contribution < 1.29 is 13.9 Å². The number of amides is 1. The van der Waals surface area contributed by atoms with E-state index >= 15 is 0 Å². The van der Waals surface area contributed by atoms with Crippen LogP contribution in [0.4, 0.5) is 5.69 Å². The van der Waals surface area contributed by atoms with Crippen LogP contribution in [0.25, 0.3) is 0 Å². The Morgan fingerprint density at radius 2 is 1.82 bits per heavy atom. The molecular weight excluding hydrogens is 438 g/mol. The topological polar surface area (TPSA) is 69.3 Å². The first-order chi connectivity index (χ1) is 15.8. The highest BCUT2D eigenvalue weighted by atomic mass is 35.5. The van der Waals surface area contributed by atoms with Gasteiger partial charge in [0.15, 0.2) is 5.76 Å². The zero-order chi connectivity index (χ0) is 23.5. The summed E-state index contributed by atoms with van der Waals surface area (Å²) in [7, 11) is 0. The Bertz CT molecular complexity index is 1290. The van der Waals surface area contributed by atoms with E-state index < -0.39 is 0 Å². The number of aromatic nitrogens is 2. The summed E-state index contributed by atoms with van der Waals surface area (Å²) in [6.07, 6.45) is 0. The van der Waals surface area contributed by atoms with Gasteiger partial charge in [-0.05, 0) is 80.8 Å². The van der Waals surface area contributed by atoms with E-state index in [1.54, 1.807) is 12.1 Å². The molecule has 0 aliphatic carbocycles. The smallest absolute Gasteiger partial charge is 0.291 e. The monoisotopic (exact) mass is 463 g/mol. The quantitative estimate of drug-likeness (QED) is 0.352. The van der Waals surface area contributed by atoms with Gasteiger partial charge in [-0.1, -0.05) is 29.8 Å². The van der Waals surface area contributed by atoms with Crippen molar-refractivity contribution in [1.82, 2.24) is 9.78 Å². The number of ether oxygens (including phenoxy) is 1. The second kappa shape index (κ2) is 9.55. The van der Waals surface area contributed by atoms with Crippen LogP contribution in [0, 0.1) is 27.7 Å². The number of furan rings is 1. The first kappa shape index (κ1) is 22.7.